The Kier molecular flexibility index (Phi) is 4.18. The Hall–Kier alpha value is -1.58. The monoisotopic (exact) mass is 244 g/mol. The van der Waals surface area contributed by atoms with Crippen LogP contribution < -0.4 is 5.73 Å². The Morgan fingerprint density at radius 2 is 2.17 bits per heavy atom. The molecule has 0 aliphatic rings. The van der Waals surface area contributed by atoms with Gasteiger partial charge in [0.1, 0.15) is 11.3 Å². The van der Waals surface area contributed by atoms with E-state index in [9.17, 15) is 0 Å². The van der Waals surface area contributed by atoms with Crippen molar-refractivity contribution in [3.05, 3.63) is 48.2 Å². The molecule has 0 saturated carbocycles. The van der Waals surface area contributed by atoms with Crippen LogP contribution in [0.25, 0.3) is 11.0 Å². The molecular formula is C15H20N2O. The minimum absolute atomic E-state index is 0.512. The predicted octanol–water partition coefficient (Wildman–Crippen LogP) is 2.90. The number of para-hydroxylation sites is 1. The maximum atomic E-state index is 5.91. The number of likely N-dealkylation sites (N-methyl/N-ethyl adjacent to an activating group) is 1. The topological polar surface area (TPSA) is 42.4 Å². The van der Waals surface area contributed by atoms with E-state index < -0.39 is 0 Å². The third-order valence-corrected chi connectivity index (χ3v) is 3.19. The molecule has 1 heterocycles. The highest BCUT2D eigenvalue weighted by molar-refractivity contribution is 5.82. The van der Waals surface area contributed by atoms with E-state index in [1.807, 2.05) is 24.3 Å². The van der Waals surface area contributed by atoms with Crippen molar-refractivity contribution in [1.29, 1.82) is 0 Å². The number of hydrogen-bond acceptors (Lipinski definition) is 3. The van der Waals surface area contributed by atoms with Crippen molar-refractivity contribution < 1.29 is 4.42 Å². The molecule has 0 bridgehead atoms. The molecule has 2 rings (SSSR count). The van der Waals surface area contributed by atoms with Gasteiger partial charge in [-0.15, -0.1) is 6.58 Å². The normalized spacial score (nSPS) is 11.3. The molecule has 0 fully saturated rings. The van der Waals surface area contributed by atoms with Crippen LogP contribution in [0.1, 0.15) is 18.2 Å². The van der Waals surface area contributed by atoms with Crippen LogP contribution in [0.2, 0.25) is 0 Å². The first-order valence-corrected chi connectivity index (χ1v) is 6.32. The molecule has 1 aromatic heterocycles. The lowest BCUT2D eigenvalue weighted by Crippen LogP contribution is -2.23. The zero-order valence-electron chi connectivity index (χ0n) is 10.9. The third kappa shape index (κ3) is 2.47. The smallest absolute Gasteiger partial charge is 0.134 e. The Morgan fingerprint density at radius 3 is 2.83 bits per heavy atom. The molecule has 0 saturated heterocycles. The van der Waals surface area contributed by atoms with E-state index >= 15 is 0 Å². The van der Waals surface area contributed by atoms with E-state index in [0.29, 0.717) is 6.54 Å². The Morgan fingerprint density at radius 1 is 1.39 bits per heavy atom. The zero-order valence-corrected chi connectivity index (χ0v) is 10.9. The number of fused-ring (bicyclic) bond motifs is 1. The number of benzene rings is 1. The highest BCUT2D eigenvalue weighted by atomic mass is 16.3. The molecule has 2 N–H and O–H groups in total. The van der Waals surface area contributed by atoms with Crippen LogP contribution in [-0.2, 0) is 13.1 Å². The first-order chi connectivity index (χ1) is 8.80. The van der Waals surface area contributed by atoms with Gasteiger partial charge in [0.25, 0.3) is 0 Å². The Balaban J connectivity index is 2.34. The highest BCUT2D eigenvalue weighted by Gasteiger charge is 2.14. The first-order valence-electron chi connectivity index (χ1n) is 6.32. The molecule has 3 nitrogen and oxygen atoms in total. The number of nitrogens with zero attached hydrogens (tertiary/aromatic N) is 1. The van der Waals surface area contributed by atoms with Crippen LogP contribution in [0.4, 0.5) is 0 Å². The summed E-state index contributed by atoms with van der Waals surface area (Å²) in [5, 5.41) is 1.13. The van der Waals surface area contributed by atoms with E-state index in [2.05, 4.69) is 24.5 Å². The zero-order chi connectivity index (χ0) is 13.0. The first kappa shape index (κ1) is 12.9. The van der Waals surface area contributed by atoms with Gasteiger partial charge in [-0.3, -0.25) is 4.90 Å². The van der Waals surface area contributed by atoms with Crippen LogP contribution in [0.3, 0.4) is 0 Å². The fraction of sp³-hybridized carbons (Fsp3) is 0.333. The van der Waals surface area contributed by atoms with Crippen LogP contribution in [0.15, 0.2) is 41.3 Å². The van der Waals surface area contributed by atoms with E-state index in [1.165, 1.54) is 0 Å². The van der Waals surface area contributed by atoms with E-state index in [1.54, 1.807) is 0 Å². The van der Waals surface area contributed by atoms with Crippen LogP contribution in [-0.4, -0.2) is 18.0 Å². The highest BCUT2D eigenvalue weighted by Crippen LogP contribution is 2.26. The van der Waals surface area contributed by atoms with Gasteiger partial charge >= 0.3 is 0 Å². The molecule has 0 unspecified atom stereocenters. The number of hydrogen-bond donors (Lipinski definition) is 1. The largest absolute Gasteiger partial charge is 0.459 e. The van der Waals surface area contributed by atoms with Gasteiger partial charge in [0.15, 0.2) is 0 Å². The molecule has 0 amide bonds. The molecule has 3 heteroatoms. The van der Waals surface area contributed by atoms with Gasteiger partial charge in [-0.05, 0) is 12.6 Å². The molecule has 0 aliphatic heterocycles. The van der Waals surface area contributed by atoms with Gasteiger partial charge in [-0.1, -0.05) is 31.2 Å². The second-order valence-electron chi connectivity index (χ2n) is 4.32. The molecule has 18 heavy (non-hydrogen) atoms. The lowest BCUT2D eigenvalue weighted by atomic mass is 10.1. The van der Waals surface area contributed by atoms with Crippen molar-refractivity contribution in [2.75, 3.05) is 13.1 Å². The van der Waals surface area contributed by atoms with Gasteiger partial charge in [-0.2, -0.15) is 0 Å². The molecule has 0 spiro atoms. The summed E-state index contributed by atoms with van der Waals surface area (Å²) in [6.07, 6.45) is 1.91. The Bertz CT molecular complexity index is 530. The molecule has 2 aromatic rings. The molecule has 0 aliphatic carbocycles. The minimum Gasteiger partial charge on any atom is -0.459 e. The second-order valence-corrected chi connectivity index (χ2v) is 4.32. The standard InChI is InChI=1S/C15H20N2O/c1-3-9-17(4-2)11-15-13(10-16)12-7-5-6-8-14(12)18-15/h3,5-8H,1,4,9-11,16H2,2H3. The SMILES string of the molecule is C=CCN(CC)Cc1oc2ccccc2c1CN. The van der Waals surface area contributed by atoms with Gasteiger partial charge in [0, 0.05) is 24.0 Å². The maximum absolute atomic E-state index is 5.91. The third-order valence-electron chi connectivity index (χ3n) is 3.19. The van der Waals surface area contributed by atoms with Crippen LogP contribution in [0.5, 0.6) is 0 Å². The molecule has 96 valence electrons. The lowest BCUT2D eigenvalue weighted by Gasteiger charge is -2.17. The van der Waals surface area contributed by atoms with E-state index in [0.717, 1.165) is 41.9 Å². The number of rotatable bonds is 6. The van der Waals surface area contributed by atoms with Crippen molar-refractivity contribution in [2.45, 2.75) is 20.0 Å². The van der Waals surface area contributed by atoms with E-state index in [-0.39, 0.29) is 0 Å². The number of nitrogens with two attached hydrogens (primary N) is 1. The van der Waals surface area contributed by atoms with Crippen LogP contribution in [0, 0.1) is 0 Å². The lowest BCUT2D eigenvalue weighted by molar-refractivity contribution is 0.284. The summed E-state index contributed by atoms with van der Waals surface area (Å²) < 4.78 is 5.91. The fourth-order valence-corrected chi connectivity index (χ4v) is 2.19. The molecule has 0 atom stereocenters. The molecular weight excluding hydrogens is 224 g/mol. The van der Waals surface area contributed by atoms with Crippen LogP contribution >= 0.6 is 0 Å². The summed E-state index contributed by atoms with van der Waals surface area (Å²) in [7, 11) is 0. The van der Waals surface area contributed by atoms with Gasteiger partial charge in [0.2, 0.25) is 0 Å². The summed E-state index contributed by atoms with van der Waals surface area (Å²) in [6.45, 7) is 9.03. The average Bonchev–Trinajstić information content (AvgIpc) is 2.75. The maximum Gasteiger partial charge on any atom is 0.134 e. The summed E-state index contributed by atoms with van der Waals surface area (Å²) >= 11 is 0. The van der Waals surface area contributed by atoms with Crippen molar-refractivity contribution in [3.8, 4) is 0 Å². The minimum atomic E-state index is 0.512. The van der Waals surface area contributed by atoms with E-state index in [4.69, 9.17) is 10.2 Å². The van der Waals surface area contributed by atoms with Gasteiger partial charge in [-0.25, -0.2) is 0 Å². The van der Waals surface area contributed by atoms with Crippen molar-refractivity contribution in [1.82, 2.24) is 4.90 Å². The fourth-order valence-electron chi connectivity index (χ4n) is 2.19. The van der Waals surface area contributed by atoms with Gasteiger partial charge in [0.05, 0.1) is 6.54 Å². The summed E-state index contributed by atoms with van der Waals surface area (Å²) in [4.78, 5) is 2.27. The average molecular weight is 244 g/mol. The summed E-state index contributed by atoms with van der Waals surface area (Å²) in [5.74, 6) is 0.974. The predicted molar refractivity (Wildman–Crippen MR) is 75.3 cm³/mol. The second kappa shape index (κ2) is 5.85. The molecule has 0 radical (unpaired) electrons. The van der Waals surface area contributed by atoms with Crippen molar-refractivity contribution >= 4 is 11.0 Å². The number of furan rings is 1. The Labute approximate surface area is 108 Å². The quantitative estimate of drug-likeness (QED) is 0.794. The van der Waals surface area contributed by atoms with Gasteiger partial charge < -0.3 is 10.2 Å². The summed E-state index contributed by atoms with van der Waals surface area (Å²) in [6, 6.07) is 8.05. The summed E-state index contributed by atoms with van der Waals surface area (Å²) in [5.41, 5.74) is 7.89. The van der Waals surface area contributed by atoms with Crippen molar-refractivity contribution in [2.24, 2.45) is 5.73 Å². The van der Waals surface area contributed by atoms with Crippen molar-refractivity contribution in [3.63, 3.8) is 0 Å². The molecule has 1 aromatic carbocycles.